The van der Waals surface area contributed by atoms with Crippen molar-refractivity contribution in [3.63, 3.8) is 0 Å². The van der Waals surface area contributed by atoms with E-state index in [0.717, 1.165) is 12.5 Å². The minimum absolute atomic E-state index is 0.109. The fourth-order valence-electron chi connectivity index (χ4n) is 5.51. The molecule has 1 saturated heterocycles. The number of hydrogen-bond acceptors (Lipinski definition) is 12. The molecule has 1 fully saturated rings. The van der Waals surface area contributed by atoms with Gasteiger partial charge in [0.2, 0.25) is 17.7 Å². The largest absolute Gasteiger partial charge is 0.481 e. The Labute approximate surface area is 344 Å². The van der Waals surface area contributed by atoms with E-state index in [4.69, 9.17) is 9.47 Å². The molecule has 1 heterocycles. The van der Waals surface area contributed by atoms with E-state index in [1.54, 1.807) is 74.5 Å². The van der Waals surface area contributed by atoms with Crippen molar-refractivity contribution in [2.45, 2.75) is 103 Å². The van der Waals surface area contributed by atoms with Gasteiger partial charge in [0.25, 0.3) is 17.7 Å². The summed E-state index contributed by atoms with van der Waals surface area (Å²) >= 11 is 0. The van der Waals surface area contributed by atoms with E-state index >= 15 is 0 Å². The molecular formula is C39H51N7O14. The molecule has 326 valence electrons. The van der Waals surface area contributed by atoms with Crippen molar-refractivity contribution in [3.8, 4) is 0 Å². The number of aliphatic hydroxyl groups is 1. The molecule has 0 bridgehead atoms. The second-order valence-electron chi connectivity index (χ2n) is 14.0. The van der Waals surface area contributed by atoms with Gasteiger partial charge in [0.1, 0.15) is 37.3 Å². The first-order valence-electron chi connectivity index (χ1n) is 19.0. The van der Waals surface area contributed by atoms with Crippen LogP contribution in [0, 0.1) is 5.92 Å². The van der Waals surface area contributed by atoms with Crippen LogP contribution in [-0.4, -0.2) is 123 Å². The van der Waals surface area contributed by atoms with Crippen molar-refractivity contribution in [2.75, 3.05) is 6.54 Å². The number of nitrogens with zero attached hydrogens (tertiary/aromatic N) is 1. The summed E-state index contributed by atoms with van der Waals surface area (Å²) in [6.07, 6.45) is -6.47. The topological polar surface area (TPSA) is 311 Å². The summed E-state index contributed by atoms with van der Waals surface area (Å²) in [4.78, 5) is 115. The van der Waals surface area contributed by atoms with E-state index < -0.39 is 121 Å². The molecule has 8 atom stereocenters. The molecule has 2 aromatic rings. The van der Waals surface area contributed by atoms with Gasteiger partial charge in [-0.2, -0.15) is 0 Å². The molecule has 60 heavy (non-hydrogen) atoms. The zero-order chi connectivity index (χ0) is 44.5. The highest BCUT2D eigenvalue weighted by Gasteiger charge is 2.53. The SMILES string of the molecule is CCC(C)C(NC(=O)OCc1ccccc1)C(=O)NC(CCC(=O)O)C(=O)NC(C(=O)NN(CC(=O)O)C(=O)[C@@H]1O[C@H]1C(=O)NC(C)C(=O)NCc1ccccc1)C(C)O. The smallest absolute Gasteiger partial charge is 0.408 e. The van der Waals surface area contributed by atoms with Gasteiger partial charge in [-0.15, -0.1) is 0 Å². The first kappa shape index (κ1) is 47.8. The number of aliphatic hydroxyl groups excluding tert-OH is 1. The predicted molar refractivity (Wildman–Crippen MR) is 207 cm³/mol. The zero-order valence-corrected chi connectivity index (χ0v) is 33.4. The molecule has 0 saturated carbocycles. The standard InChI is InChI=1S/C39H51N7O14/c1-5-21(2)29(44-39(58)59-20-25-14-10-7-11-15-25)35(54)42-26(16-17-27(48)49)34(53)43-30(23(4)47)36(55)45-46(19-28(50)51)38(57)32-31(60-32)37(56)41-22(3)33(52)40-18-24-12-8-6-9-13-24/h6-15,21-23,26,29-32,47H,5,16-20H2,1-4H3,(H,40,52)(H,41,56)(H,42,54)(H,43,53)(H,44,58)(H,45,55)(H,48,49)(H,50,51)/t21?,22?,23?,26?,29?,30?,31-,32-/m1/s1. The molecule has 3 rings (SSSR count). The van der Waals surface area contributed by atoms with Crippen LogP contribution in [0.3, 0.4) is 0 Å². The van der Waals surface area contributed by atoms with Crippen LogP contribution in [0.25, 0.3) is 0 Å². The molecule has 1 aliphatic heterocycles. The van der Waals surface area contributed by atoms with Crippen molar-refractivity contribution in [1.82, 2.24) is 37.0 Å². The van der Waals surface area contributed by atoms with Gasteiger partial charge in [0, 0.05) is 13.0 Å². The number of hydrogen-bond donors (Lipinski definition) is 9. The molecular weight excluding hydrogens is 790 g/mol. The summed E-state index contributed by atoms with van der Waals surface area (Å²) in [5, 5.41) is 41.7. The molecule has 0 radical (unpaired) electrons. The number of carbonyl (C=O) groups is 9. The quantitative estimate of drug-likeness (QED) is 0.0512. The lowest BCUT2D eigenvalue weighted by Gasteiger charge is -2.29. The number of amides is 7. The minimum atomic E-state index is -1.92. The number of carbonyl (C=O) groups excluding carboxylic acids is 7. The second kappa shape index (κ2) is 23.1. The molecule has 0 aromatic heterocycles. The van der Waals surface area contributed by atoms with E-state index in [0.29, 0.717) is 17.0 Å². The Morgan fingerprint density at radius 1 is 0.733 bits per heavy atom. The minimum Gasteiger partial charge on any atom is -0.481 e. The van der Waals surface area contributed by atoms with Crippen LogP contribution in [0.15, 0.2) is 60.7 Å². The summed E-state index contributed by atoms with van der Waals surface area (Å²) in [7, 11) is 0. The molecule has 9 N–H and O–H groups in total. The summed E-state index contributed by atoms with van der Waals surface area (Å²) < 4.78 is 10.4. The third kappa shape index (κ3) is 15.3. The number of carboxylic acid groups (broad SMARTS) is 2. The zero-order valence-electron chi connectivity index (χ0n) is 33.4. The van der Waals surface area contributed by atoms with Gasteiger partial charge < -0.3 is 51.4 Å². The fourth-order valence-corrected chi connectivity index (χ4v) is 5.51. The van der Waals surface area contributed by atoms with Crippen LogP contribution >= 0.6 is 0 Å². The third-order valence-electron chi connectivity index (χ3n) is 9.18. The number of carboxylic acids is 2. The van der Waals surface area contributed by atoms with Crippen molar-refractivity contribution < 1.29 is 67.9 Å². The lowest BCUT2D eigenvalue weighted by Crippen LogP contribution is -2.62. The van der Waals surface area contributed by atoms with Crippen molar-refractivity contribution in [3.05, 3.63) is 71.8 Å². The Bertz CT molecular complexity index is 1850. The summed E-state index contributed by atoms with van der Waals surface area (Å²) in [6, 6.07) is 11.8. The van der Waals surface area contributed by atoms with Crippen LogP contribution < -0.4 is 32.0 Å². The summed E-state index contributed by atoms with van der Waals surface area (Å²) in [5.74, 6) is -9.45. The Hall–Kier alpha value is -6.61. The Morgan fingerprint density at radius 2 is 1.35 bits per heavy atom. The van der Waals surface area contributed by atoms with Crippen LogP contribution in [0.2, 0.25) is 0 Å². The number of alkyl carbamates (subject to hydrolysis) is 1. The van der Waals surface area contributed by atoms with Gasteiger partial charge >= 0.3 is 18.0 Å². The van der Waals surface area contributed by atoms with Crippen molar-refractivity contribution in [1.29, 1.82) is 0 Å². The van der Waals surface area contributed by atoms with Gasteiger partial charge in [-0.1, -0.05) is 80.9 Å². The molecule has 0 aliphatic carbocycles. The van der Waals surface area contributed by atoms with Crippen LogP contribution in [0.4, 0.5) is 4.79 Å². The third-order valence-corrected chi connectivity index (χ3v) is 9.18. The number of nitrogens with one attached hydrogen (secondary N) is 6. The van der Waals surface area contributed by atoms with Crippen molar-refractivity contribution in [2.24, 2.45) is 5.92 Å². The number of epoxide rings is 1. The highest BCUT2D eigenvalue weighted by atomic mass is 16.6. The van der Waals surface area contributed by atoms with Crippen LogP contribution in [-0.2, 0) is 61.0 Å². The van der Waals surface area contributed by atoms with Gasteiger partial charge in [-0.3, -0.25) is 43.8 Å². The van der Waals surface area contributed by atoms with Gasteiger partial charge in [-0.25, -0.2) is 9.80 Å². The normalized spacial score (nSPS) is 17.1. The average molecular weight is 842 g/mol. The maximum absolute atomic E-state index is 13.5. The van der Waals surface area contributed by atoms with Crippen LogP contribution in [0.5, 0.6) is 0 Å². The number of benzene rings is 2. The Balaban J connectivity index is 1.66. The summed E-state index contributed by atoms with van der Waals surface area (Å²) in [6.45, 7) is 4.75. The summed E-state index contributed by atoms with van der Waals surface area (Å²) in [5.41, 5.74) is 3.48. The van der Waals surface area contributed by atoms with Crippen molar-refractivity contribution >= 4 is 53.5 Å². The molecule has 1 aliphatic rings. The second-order valence-corrected chi connectivity index (χ2v) is 14.0. The number of hydrazine groups is 1. The molecule has 2 aromatic carbocycles. The number of ether oxygens (including phenoxy) is 2. The highest BCUT2D eigenvalue weighted by Crippen LogP contribution is 2.24. The van der Waals surface area contributed by atoms with Gasteiger partial charge in [0.15, 0.2) is 12.2 Å². The highest BCUT2D eigenvalue weighted by molar-refractivity contribution is 5.99. The number of aliphatic carboxylic acids is 2. The maximum atomic E-state index is 13.5. The van der Waals surface area contributed by atoms with E-state index in [1.165, 1.54) is 6.92 Å². The first-order valence-corrected chi connectivity index (χ1v) is 19.0. The van der Waals surface area contributed by atoms with E-state index in [2.05, 4.69) is 26.6 Å². The van der Waals surface area contributed by atoms with Gasteiger partial charge in [-0.05, 0) is 37.3 Å². The maximum Gasteiger partial charge on any atom is 0.408 e. The van der Waals surface area contributed by atoms with Crippen LogP contribution in [0.1, 0.15) is 58.1 Å². The molecule has 21 heteroatoms. The lowest BCUT2D eigenvalue weighted by molar-refractivity contribution is -0.152. The average Bonchev–Trinajstić information content (AvgIpc) is 4.02. The fraction of sp³-hybridized carbons (Fsp3) is 0.462. The Kier molecular flexibility index (Phi) is 18.4. The molecule has 21 nitrogen and oxygen atoms in total. The van der Waals surface area contributed by atoms with E-state index in [9.17, 15) is 58.5 Å². The molecule has 6 unspecified atom stereocenters. The monoisotopic (exact) mass is 841 g/mol. The molecule has 0 spiro atoms. The van der Waals surface area contributed by atoms with E-state index in [-0.39, 0.29) is 13.2 Å². The number of rotatable bonds is 22. The Morgan fingerprint density at radius 3 is 1.92 bits per heavy atom. The molecule has 7 amide bonds. The van der Waals surface area contributed by atoms with Gasteiger partial charge in [0.05, 0.1) is 6.10 Å². The lowest BCUT2D eigenvalue weighted by atomic mass is 9.97. The first-order chi connectivity index (χ1) is 28.4. The predicted octanol–water partition coefficient (Wildman–Crippen LogP) is -0.924. The van der Waals surface area contributed by atoms with E-state index in [1.807, 2.05) is 5.43 Å².